The Labute approximate surface area is 100 Å². The van der Waals surface area contributed by atoms with Crippen LogP contribution in [0.3, 0.4) is 0 Å². The number of hydrogen-bond donors (Lipinski definition) is 4. The summed E-state index contributed by atoms with van der Waals surface area (Å²) in [5.74, 6) is -8.00. The first-order chi connectivity index (χ1) is 8.26. The van der Waals surface area contributed by atoms with Gasteiger partial charge in [-0.15, -0.1) is 0 Å². The molecule has 0 aromatic heterocycles. The fourth-order valence-corrected chi connectivity index (χ4v) is 4.11. The van der Waals surface area contributed by atoms with Crippen molar-refractivity contribution in [3.63, 3.8) is 0 Å². The Bertz CT molecular complexity index is 428. The van der Waals surface area contributed by atoms with Crippen molar-refractivity contribution >= 4 is 7.82 Å². The van der Waals surface area contributed by atoms with Crippen LogP contribution < -0.4 is 0 Å². The van der Waals surface area contributed by atoms with Crippen LogP contribution >= 0.6 is 7.82 Å². The van der Waals surface area contributed by atoms with Gasteiger partial charge in [-0.2, -0.15) is 0 Å². The molecule has 0 radical (unpaired) electrons. The van der Waals surface area contributed by atoms with Crippen molar-refractivity contribution in [1.29, 1.82) is 0 Å². The van der Waals surface area contributed by atoms with Gasteiger partial charge in [0.05, 0.1) is 0 Å². The minimum atomic E-state index is -4.34. The van der Waals surface area contributed by atoms with Crippen LogP contribution in [-0.2, 0) is 27.6 Å². The quantitative estimate of drug-likeness (QED) is 0.405. The average molecular weight is 286 g/mol. The molecule has 3 fully saturated rings. The van der Waals surface area contributed by atoms with Crippen LogP contribution in [0.1, 0.15) is 0 Å². The van der Waals surface area contributed by atoms with Gasteiger partial charge in [0.2, 0.25) is 0 Å². The van der Waals surface area contributed by atoms with Gasteiger partial charge >= 0.3 is 7.82 Å². The summed E-state index contributed by atoms with van der Waals surface area (Å²) in [6, 6.07) is 0. The van der Waals surface area contributed by atoms with E-state index in [1.54, 1.807) is 0 Å². The molecule has 3 saturated heterocycles. The number of phosphoric ester groups is 1. The summed E-state index contributed by atoms with van der Waals surface area (Å²) in [4.78, 5) is 0. The van der Waals surface area contributed by atoms with Gasteiger partial charge in [-0.1, -0.05) is 0 Å². The van der Waals surface area contributed by atoms with Crippen LogP contribution in [0.2, 0.25) is 0 Å². The lowest BCUT2D eigenvalue weighted by atomic mass is 9.88. The molecule has 0 spiro atoms. The van der Waals surface area contributed by atoms with Crippen molar-refractivity contribution < 1.29 is 48.0 Å². The Morgan fingerprint density at radius 3 is 2.50 bits per heavy atom. The zero-order chi connectivity index (χ0) is 13.4. The van der Waals surface area contributed by atoms with Crippen molar-refractivity contribution in [2.45, 2.75) is 29.8 Å². The number of hydrogen-bond acceptors (Lipinski definition) is 10. The van der Waals surface area contributed by atoms with Crippen molar-refractivity contribution in [1.82, 2.24) is 0 Å². The van der Waals surface area contributed by atoms with Gasteiger partial charge in [-0.05, 0) is 0 Å². The maximum Gasteiger partial charge on any atom is 0.483 e. The smallest absolute Gasteiger partial charge is 0.391 e. The van der Waals surface area contributed by atoms with Crippen molar-refractivity contribution in [2.24, 2.45) is 0 Å². The molecule has 3 rings (SSSR count). The summed E-state index contributed by atoms with van der Waals surface area (Å²) in [6.45, 7) is -1.01. The topological polar surface area (TPSA) is 144 Å². The molecule has 104 valence electrons. The normalized spacial score (nSPS) is 62.3. The average Bonchev–Trinajstić information content (AvgIpc) is 2.66. The van der Waals surface area contributed by atoms with E-state index in [1.807, 2.05) is 0 Å². The third-order valence-electron chi connectivity index (χ3n) is 3.16. The summed E-state index contributed by atoms with van der Waals surface area (Å²) in [6.07, 6.45) is -3.41. The van der Waals surface area contributed by atoms with Crippen LogP contribution in [0.15, 0.2) is 0 Å². The van der Waals surface area contributed by atoms with E-state index in [9.17, 15) is 25.0 Å². The predicted octanol–water partition coefficient (Wildman–Crippen LogP) is -2.40. The summed E-state index contributed by atoms with van der Waals surface area (Å²) < 4.78 is 35.5. The standard InChI is InChI=1S/C7H11O10P/c1-13-4-3(9)6(10)7(11)5(2-8,14-4)15-18(12,16-6)17-7/h3-4,8-11H,2H2,1H3/t3-,4-,5?,6+,7-,18?/m0/s1. The van der Waals surface area contributed by atoms with Gasteiger partial charge in [0.15, 0.2) is 12.4 Å². The lowest BCUT2D eigenvalue weighted by Gasteiger charge is -2.52. The van der Waals surface area contributed by atoms with E-state index in [2.05, 4.69) is 9.05 Å². The Hall–Kier alpha value is -0.130. The molecule has 11 heteroatoms. The van der Waals surface area contributed by atoms with Gasteiger partial charge in [-0.3, -0.25) is 0 Å². The number of rotatable bonds is 2. The molecule has 2 bridgehead atoms. The molecule has 4 N–H and O–H groups in total. The molecular formula is C7H11O10P. The second-order valence-electron chi connectivity index (χ2n) is 4.14. The highest BCUT2D eigenvalue weighted by molar-refractivity contribution is 7.49. The summed E-state index contributed by atoms with van der Waals surface area (Å²) in [5, 5.41) is 39.4. The molecule has 0 aromatic carbocycles. The number of aliphatic hydroxyl groups is 4. The molecule has 6 atom stereocenters. The monoisotopic (exact) mass is 286 g/mol. The molecule has 18 heavy (non-hydrogen) atoms. The highest BCUT2D eigenvalue weighted by Crippen LogP contribution is 2.76. The zero-order valence-corrected chi connectivity index (χ0v) is 9.94. The second-order valence-corrected chi connectivity index (χ2v) is 5.58. The molecule has 0 aromatic rings. The van der Waals surface area contributed by atoms with Crippen LogP contribution in [0.25, 0.3) is 0 Å². The van der Waals surface area contributed by atoms with E-state index < -0.39 is 44.2 Å². The highest BCUT2D eigenvalue weighted by Gasteiger charge is 2.89. The molecule has 2 unspecified atom stereocenters. The van der Waals surface area contributed by atoms with E-state index in [1.165, 1.54) is 0 Å². The van der Waals surface area contributed by atoms with Crippen molar-refractivity contribution in [2.75, 3.05) is 13.7 Å². The van der Waals surface area contributed by atoms with E-state index in [4.69, 9.17) is 14.0 Å². The van der Waals surface area contributed by atoms with Crippen molar-refractivity contribution in [3.8, 4) is 0 Å². The van der Waals surface area contributed by atoms with E-state index >= 15 is 0 Å². The van der Waals surface area contributed by atoms with Crippen LogP contribution in [0.5, 0.6) is 0 Å². The summed E-state index contributed by atoms with van der Waals surface area (Å²) in [7, 11) is -3.20. The Morgan fingerprint density at radius 2 is 2.00 bits per heavy atom. The lowest BCUT2D eigenvalue weighted by molar-refractivity contribution is -0.497. The summed E-state index contributed by atoms with van der Waals surface area (Å²) >= 11 is 0. The van der Waals surface area contributed by atoms with Gasteiger partial charge < -0.3 is 29.9 Å². The van der Waals surface area contributed by atoms with E-state index in [-0.39, 0.29) is 0 Å². The number of phosphoric acid groups is 1. The Kier molecular flexibility index (Phi) is 2.36. The highest BCUT2D eigenvalue weighted by atomic mass is 31.2. The maximum absolute atomic E-state index is 11.8. The molecule has 10 nitrogen and oxygen atoms in total. The third-order valence-corrected chi connectivity index (χ3v) is 4.67. The molecule has 3 aliphatic rings. The molecule has 3 heterocycles. The minimum absolute atomic E-state index is 1.01. The van der Waals surface area contributed by atoms with Crippen molar-refractivity contribution in [3.05, 3.63) is 0 Å². The zero-order valence-electron chi connectivity index (χ0n) is 9.05. The third kappa shape index (κ3) is 1.12. The van der Waals surface area contributed by atoms with E-state index in [0.717, 1.165) is 7.11 Å². The molecular weight excluding hydrogens is 275 g/mol. The van der Waals surface area contributed by atoms with Crippen LogP contribution in [-0.4, -0.2) is 63.9 Å². The molecule has 0 saturated carbocycles. The van der Waals surface area contributed by atoms with E-state index in [0.29, 0.717) is 0 Å². The Balaban J connectivity index is 2.16. The second kappa shape index (κ2) is 3.30. The Morgan fingerprint density at radius 1 is 1.33 bits per heavy atom. The minimum Gasteiger partial charge on any atom is -0.391 e. The predicted molar refractivity (Wildman–Crippen MR) is 48.5 cm³/mol. The molecule has 3 aliphatic heterocycles. The fourth-order valence-electron chi connectivity index (χ4n) is 2.24. The number of ether oxygens (including phenoxy) is 2. The SMILES string of the molecule is CO[C@H]1OC2(CO)OP3(=O)O[C@]2(O)[C@](O)(O3)[C@H]1O. The largest absolute Gasteiger partial charge is 0.483 e. The fraction of sp³-hybridized carbons (Fsp3) is 1.00. The number of fused-ring (bicyclic) bond motifs is 1. The first kappa shape index (κ1) is 12.9. The van der Waals surface area contributed by atoms with Crippen LogP contribution in [0, 0.1) is 0 Å². The number of methoxy groups -OCH3 is 1. The van der Waals surface area contributed by atoms with Gasteiger partial charge in [0, 0.05) is 7.11 Å². The van der Waals surface area contributed by atoms with Gasteiger partial charge in [-0.25, -0.2) is 18.1 Å². The number of aliphatic hydroxyl groups excluding tert-OH is 2. The summed E-state index contributed by atoms with van der Waals surface area (Å²) in [5.41, 5.74) is 0. The first-order valence-corrected chi connectivity index (χ1v) is 6.38. The lowest BCUT2D eigenvalue weighted by Crippen LogP contribution is -2.79. The van der Waals surface area contributed by atoms with Gasteiger partial charge in [0.1, 0.15) is 6.61 Å². The van der Waals surface area contributed by atoms with Gasteiger partial charge in [0.25, 0.3) is 17.4 Å². The van der Waals surface area contributed by atoms with Crippen LogP contribution in [0.4, 0.5) is 0 Å². The molecule has 0 aliphatic carbocycles. The molecule has 0 amide bonds. The maximum atomic E-state index is 11.8. The first-order valence-electron chi connectivity index (χ1n) is 4.92.